The number of benzene rings is 3. The number of hydrogen-bond acceptors (Lipinski definition) is 3. The van der Waals surface area contributed by atoms with E-state index in [9.17, 15) is 9.59 Å². The molecule has 0 saturated carbocycles. The van der Waals surface area contributed by atoms with Gasteiger partial charge in [0, 0.05) is 20.0 Å². The Hall–Kier alpha value is -3.31. The first kappa shape index (κ1) is 23.4. The SMILES string of the molecule is CNC(=O)[C@H](Cc1ccccc1)N(Cc1cccc(C)c1)C(=O)COc1ccccc1Cl. The van der Waals surface area contributed by atoms with E-state index in [1.165, 1.54) is 0 Å². The van der Waals surface area contributed by atoms with Crippen LogP contribution in [-0.4, -0.2) is 36.4 Å². The number of halogens is 1. The summed E-state index contributed by atoms with van der Waals surface area (Å²) in [6, 6.07) is 23.9. The van der Waals surface area contributed by atoms with Gasteiger partial charge in [-0.3, -0.25) is 9.59 Å². The lowest BCUT2D eigenvalue weighted by molar-refractivity contribution is -0.142. The van der Waals surface area contributed by atoms with Crippen LogP contribution in [0.3, 0.4) is 0 Å². The lowest BCUT2D eigenvalue weighted by Gasteiger charge is -2.31. The molecule has 5 nitrogen and oxygen atoms in total. The van der Waals surface area contributed by atoms with E-state index in [1.54, 1.807) is 36.2 Å². The fraction of sp³-hybridized carbons (Fsp3) is 0.231. The maximum absolute atomic E-state index is 13.3. The van der Waals surface area contributed by atoms with E-state index in [0.717, 1.165) is 16.7 Å². The van der Waals surface area contributed by atoms with Gasteiger partial charge in [0.25, 0.3) is 5.91 Å². The summed E-state index contributed by atoms with van der Waals surface area (Å²) in [7, 11) is 1.58. The van der Waals surface area contributed by atoms with Crippen molar-refractivity contribution in [3.8, 4) is 5.75 Å². The predicted octanol–water partition coefficient (Wildman–Crippen LogP) is 4.41. The summed E-state index contributed by atoms with van der Waals surface area (Å²) < 4.78 is 5.70. The smallest absolute Gasteiger partial charge is 0.261 e. The highest BCUT2D eigenvalue weighted by Crippen LogP contribution is 2.23. The maximum atomic E-state index is 13.3. The van der Waals surface area contributed by atoms with Crippen molar-refractivity contribution in [3.05, 3.63) is 101 Å². The molecule has 3 rings (SSSR count). The van der Waals surface area contributed by atoms with Gasteiger partial charge in [-0.15, -0.1) is 0 Å². The molecule has 0 aliphatic carbocycles. The molecule has 0 radical (unpaired) electrons. The van der Waals surface area contributed by atoms with Crippen LogP contribution in [-0.2, 0) is 22.6 Å². The molecule has 3 aromatic carbocycles. The average molecular weight is 451 g/mol. The van der Waals surface area contributed by atoms with Crippen molar-refractivity contribution in [2.45, 2.75) is 25.9 Å². The van der Waals surface area contributed by atoms with Crippen molar-refractivity contribution in [2.24, 2.45) is 0 Å². The highest BCUT2D eigenvalue weighted by Gasteiger charge is 2.30. The van der Waals surface area contributed by atoms with Crippen LogP contribution in [0.4, 0.5) is 0 Å². The molecule has 166 valence electrons. The number of carbonyl (C=O) groups is 2. The fourth-order valence-electron chi connectivity index (χ4n) is 3.51. The molecule has 3 aromatic rings. The normalized spacial score (nSPS) is 11.5. The molecule has 0 fully saturated rings. The van der Waals surface area contributed by atoms with E-state index in [0.29, 0.717) is 17.2 Å². The predicted molar refractivity (Wildman–Crippen MR) is 127 cm³/mol. The molecule has 1 N–H and O–H groups in total. The van der Waals surface area contributed by atoms with E-state index < -0.39 is 6.04 Å². The fourth-order valence-corrected chi connectivity index (χ4v) is 3.70. The summed E-state index contributed by atoms with van der Waals surface area (Å²) >= 11 is 6.16. The molecule has 0 aliphatic heterocycles. The third kappa shape index (κ3) is 6.34. The van der Waals surface area contributed by atoms with Crippen molar-refractivity contribution in [3.63, 3.8) is 0 Å². The molecule has 32 heavy (non-hydrogen) atoms. The quantitative estimate of drug-likeness (QED) is 0.525. The Kier molecular flexibility index (Phi) is 8.28. The van der Waals surface area contributed by atoms with Gasteiger partial charge in [-0.05, 0) is 30.2 Å². The van der Waals surface area contributed by atoms with E-state index in [-0.39, 0.29) is 25.0 Å². The number of likely N-dealkylation sites (N-methyl/N-ethyl adjacent to an activating group) is 1. The number of aryl methyl sites for hydroxylation is 1. The summed E-state index contributed by atoms with van der Waals surface area (Å²) in [5.74, 6) is -0.0962. The molecule has 0 aromatic heterocycles. The largest absolute Gasteiger partial charge is 0.482 e. The number of para-hydroxylation sites is 1. The Bertz CT molecular complexity index is 1060. The number of ether oxygens (including phenoxy) is 1. The van der Waals surface area contributed by atoms with Gasteiger partial charge in [-0.1, -0.05) is 83.9 Å². The minimum Gasteiger partial charge on any atom is -0.482 e. The van der Waals surface area contributed by atoms with Gasteiger partial charge in [0.2, 0.25) is 5.91 Å². The number of amides is 2. The average Bonchev–Trinajstić information content (AvgIpc) is 2.81. The summed E-state index contributed by atoms with van der Waals surface area (Å²) in [5, 5.41) is 3.13. The second-order valence-corrected chi connectivity index (χ2v) is 7.96. The van der Waals surface area contributed by atoms with Gasteiger partial charge >= 0.3 is 0 Å². The minimum absolute atomic E-state index is 0.224. The number of hydrogen-bond donors (Lipinski definition) is 1. The van der Waals surface area contributed by atoms with Gasteiger partial charge < -0.3 is 15.0 Å². The van der Waals surface area contributed by atoms with Crippen molar-refractivity contribution in [1.82, 2.24) is 10.2 Å². The Morgan fingerprint density at radius 3 is 2.34 bits per heavy atom. The summed E-state index contributed by atoms with van der Waals surface area (Å²) in [6.07, 6.45) is 0.393. The Morgan fingerprint density at radius 2 is 1.66 bits per heavy atom. The van der Waals surface area contributed by atoms with Crippen molar-refractivity contribution < 1.29 is 14.3 Å². The highest BCUT2D eigenvalue weighted by atomic mass is 35.5. The standard InChI is InChI=1S/C26H27ClN2O3/c1-19-9-8-12-21(15-19)17-29(25(30)18-32-24-14-7-6-13-22(24)27)23(26(31)28-2)16-20-10-4-3-5-11-20/h3-15,23H,16-18H2,1-2H3,(H,28,31)/t23-/m0/s1. The Labute approximate surface area is 194 Å². The topological polar surface area (TPSA) is 58.6 Å². The molecule has 6 heteroatoms. The zero-order valence-corrected chi connectivity index (χ0v) is 19.0. The summed E-state index contributed by atoms with van der Waals surface area (Å²) in [6.45, 7) is 2.06. The molecule has 1 atom stereocenters. The molecular weight excluding hydrogens is 424 g/mol. The third-order valence-electron chi connectivity index (χ3n) is 5.14. The lowest BCUT2D eigenvalue weighted by atomic mass is 10.0. The number of rotatable bonds is 9. The van der Waals surface area contributed by atoms with Gasteiger partial charge in [0.15, 0.2) is 6.61 Å². The third-order valence-corrected chi connectivity index (χ3v) is 5.45. The zero-order valence-electron chi connectivity index (χ0n) is 18.3. The monoisotopic (exact) mass is 450 g/mol. The van der Waals surface area contributed by atoms with Crippen molar-refractivity contribution >= 4 is 23.4 Å². The van der Waals surface area contributed by atoms with Crippen LogP contribution >= 0.6 is 11.6 Å². The lowest BCUT2D eigenvalue weighted by Crippen LogP contribution is -2.51. The highest BCUT2D eigenvalue weighted by molar-refractivity contribution is 6.32. The first-order valence-electron chi connectivity index (χ1n) is 10.5. The number of nitrogens with zero attached hydrogens (tertiary/aromatic N) is 1. The first-order chi connectivity index (χ1) is 15.5. The first-order valence-corrected chi connectivity index (χ1v) is 10.8. The second-order valence-electron chi connectivity index (χ2n) is 7.55. The molecular formula is C26H27ClN2O3. The van der Waals surface area contributed by atoms with Gasteiger partial charge in [-0.2, -0.15) is 0 Å². The molecule has 0 aliphatic rings. The zero-order chi connectivity index (χ0) is 22.9. The molecule has 2 amide bonds. The summed E-state index contributed by atoms with van der Waals surface area (Å²) in [5.41, 5.74) is 3.00. The Balaban J connectivity index is 1.88. The van der Waals surface area contributed by atoms with Gasteiger partial charge in [0.1, 0.15) is 11.8 Å². The van der Waals surface area contributed by atoms with Crippen LogP contribution in [0.15, 0.2) is 78.9 Å². The minimum atomic E-state index is -0.690. The van der Waals surface area contributed by atoms with Gasteiger partial charge in [-0.25, -0.2) is 0 Å². The van der Waals surface area contributed by atoms with E-state index in [4.69, 9.17) is 16.3 Å². The van der Waals surface area contributed by atoms with Crippen LogP contribution in [0.2, 0.25) is 5.02 Å². The number of nitrogens with one attached hydrogen (secondary N) is 1. The van der Waals surface area contributed by atoms with Crippen LogP contribution in [0.25, 0.3) is 0 Å². The van der Waals surface area contributed by atoms with Crippen molar-refractivity contribution in [2.75, 3.05) is 13.7 Å². The second kappa shape index (κ2) is 11.3. The summed E-state index contributed by atoms with van der Waals surface area (Å²) in [4.78, 5) is 27.8. The van der Waals surface area contributed by atoms with E-state index in [1.807, 2.05) is 61.5 Å². The van der Waals surface area contributed by atoms with E-state index >= 15 is 0 Å². The van der Waals surface area contributed by atoms with E-state index in [2.05, 4.69) is 5.32 Å². The number of carbonyl (C=O) groups excluding carboxylic acids is 2. The van der Waals surface area contributed by atoms with Crippen LogP contribution in [0.5, 0.6) is 5.75 Å². The van der Waals surface area contributed by atoms with Gasteiger partial charge in [0.05, 0.1) is 5.02 Å². The molecule has 0 saturated heterocycles. The molecule has 0 heterocycles. The molecule has 0 spiro atoms. The van der Waals surface area contributed by atoms with Crippen molar-refractivity contribution in [1.29, 1.82) is 0 Å². The van der Waals surface area contributed by atoms with Crippen LogP contribution in [0, 0.1) is 6.92 Å². The Morgan fingerprint density at radius 1 is 0.969 bits per heavy atom. The maximum Gasteiger partial charge on any atom is 0.261 e. The van der Waals surface area contributed by atoms with Crippen LogP contribution < -0.4 is 10.1 Å². The molecule has 0 bridgehead atoms. The molecule has 0 unspecified atom stereocenters. The van der Waals surface area contributed by atoms with Crippen LogP contribution in [0.1, 0.15) is 16.7 Å².